The van der Waals surface area contributed by atoms with E-state index in [1.54, 1.807) is 30.3 Å². The fraction of sp³-hybridized carbons (Fsp3) is 0.0769. The summed E-state index contributed by atoms with van der Waals surface area (Å²) in [6.07, 6.45) is 0.909. The van der Waals surface area contributed by atoms with E-state index in [0.717, 1.165) is 5.56 Å². The predicted octanol–water partition coefficient (Wildman–Crippen LogP) is 3.65. The molecule has 1 heterocycles. The molecule has 0 unspecified atom stereocenters. The van der Waals surface area contributed by atoms with Gasteiger partial charge in [0.05, 0.1) is 11.9 Å². The molecule has 1 amide bonds. The first-order valence-corrected chi connectivity index (χ1v) is 5.69. The molecule has 0 spiro atoms. The lowest BCUT2D eigenvalue weighted by Crippen LogP contribution is -2.16. The number of hydrogen-bond acceptors (Lipinski definition) is 3. The molecule has 0 saturated carbocycles. The van der Waals surface area contributed by atoms with Crippen LogP contribution in [0.4, 0.5) is 10.5 Å². The van der Waals surface area contributed by atoms with Gasteiger partial charge in [-0.1, -0.05) is 29.8 Å². The van der Waals surface area contributed by atoms with Gasteiger partial charge in [-0.2, -0.15) is 0 Å². The van der Waals surface area contributed by atoms with E-state index in [1.165, 1.54) is 6.20 Å². The summed E-state index contributed by atoms with van der Waals surface area (Å²) in [5.74, 6) is 0.480. The van der Waals surface area contributed by atoms with E-state index in [-0.39, 0.29) is 0 Å². The molecule has 2 rings (SSSR count). The molecule has 5 heteroatoms. The Kier molecular flexibility index (Phi) is 3.79. The normalized spacial score (nSPS) is 9.89. The third-order valence-corrected chi connectivity index (χ3v) is 2.61. The van der Waals surface area contributed by atoms with Crippen LogP contribution in [0, 0.1) is 6.92 Å². The molecule has 2 aromatic rings. The number of nitrogens with zero attached hydrogens (tertiary/aromatic N) is 1. The second-order valence-corrected chi connectivity index (χ2v) is 4.02. The molecule has 18 heavy (non-hydrogen) atoms. The van der Waals surface area contributed by atoms with E-state index in [0.29, 0.717) is 16.6 Å². The van der Waals surface area contributed by atoms with E-state index >= 15 is 0 Å². The lowest BCUT2D eigenvalue weighted by atomic mass is 10.3. The Morgan fingerprint density at radius 1 is 1.33 bits per heavy atom. The van der Waals surface area contributed by atoms with E-state index in [1.807, 2.05) is 13.0 Å². The molecular weight excluding hydrogens is 252 g/mol. The van der Waals surface area contributed by atoms with Gasteiger partial charge >= 0.3 is 6.09 Å². The Morgan fingerprint density at radius 2 is 2.06 bits per heavy atom. The molecule has 1 aromatic heterocycles. The van der Waals surface area contributed by atoms with E-state index < -0.39 is 6.09 Å². The van der Waals surface area contributed by atoms with Crippen LogP contribution < -0.4 is 10.1 Å². The zero-order valence-corrected chi connectivity index (χ0v) is 10.4. The zero-order chi connectivity index (χ0) is 13.0. The smallest absolute Gasteiger partial charge is 0.410 e. The maximum Gasteiger partial charge on any atom is 0.417 e. The van der Waals surface area contributed by atoms with Crippen LogP contribution >= 0.6 is 11.6 Å². The second-order valence-electron chi connectivity index (χ2n) is 3.66. The highest BCUT2D eigenvalue weighted by molar-refractivity contribution is 6.30. The van der Waals surface area contributed by atoms with Crippen molar-refractivity contribution < 1.29 is 9.53 Å². The summed E-state index contributed by atoms with van der Waals surface area (Å²) in [4.78, 5) is 15.5. The van der Waals surface area contributed by atoms with Gasteiger partial charge in [-0.3, -0.25) is 5.32 Å². The summed E-state index contributed by atoms with van der Waals surface area (Å²) in [5, 5.41) is 2.99. The Balaban J connectivity index is 2.01. The predicted molar refractivity (Wildman–Crippen MR) is 70.1 cm³/mol. The number of hydrogen-bond donors (Lipinski definition) is 1. The van der Waals surface area contributed by atoms with Crippen molar-refractivity contribution in [2.75, 3.05) is 5.32 Å². The Labute approximate surface area is 110 Å². The van der Waals surface area contributed by atoms with E-state index in [4.69, 9.17) is 16.3 Å². The van der Waals surface area contributed by atoms with Crippen molar-refractivity contribution in [3.05, 3.63) is 53.3 Å². The van der Waals surface area contributed by atoms with Crippen LogP contribution in [0.5, 0.6) is 5.75 Å². The number of nitrogens with one attached hydrogen (secondary N) is 1. The number of aromatic nitrogens is 1. The van der Waals surface area contributed by atoms with Crippen LogP contribution in [0.15, 0.2) is 42.6 Å². The second kappa shape index (κ2) is 5.51. The van der Waals surface area contributed by atoms with Crippen LogP contribution in [-0.2, 0) is 0 Å². The number of benzene rings is 1. The minimum absolute atomic E-state index is 0.414. The number of amides is 1. The number of aryl methyl sites for hydroxylation is 1. The number of carbonyl (C=O) groups excluding carboxylic acids is 1. The monoisotopic (exact) mass is 262 g/mol. The van der Waals surface area contributed by atoms with Crippen LogP contribution in [0.1, 0.15) is 5.56 Å². The molecule has 1 N–H and O–H groups in total. The van der Waals surface area contributed by atoms with Gasteiger partial charge in [-0.25, -0.2) is 9.78 Å². The molecule has 0 fully saturated rings. The minimum atomic E-state index is -0.565. The standard InChI is InChI=1S/C13H11ClN2O2/c1-9-7-10(8-15-12(9)14)16-13(17)18-11-5-3-2-4-6-11/h2-8H,1H3,(H,16,17). The summed E-state index contributed by atoms with van der Waals surface area (Å²) >= 11 is 5.79. The maximum atomic E-state index is 11.6. The average Bonchev–Trinajstić information content (AvgIpc) is 2.35. The van der Waals surface area contributed by atoms with Gasteiger partial charge in [0.2, 0.25) is 0 Å². The highest BCUT2D eigenvalue weighted by Gasteiger charge is 2.06. The van der Waals surface area contributed by atoms with Gasteiger partial charge in [0, 0.05) is 0 Å². The topological polar surface area (TPSA) is 51.2 Å². The summed E-state index contributed by atoms with van der Waals surface area (Å²) < 4.78 is 5.08. The largest absolute Gasteiger partial charge is 0.417 e. The summed E-state index contributed by atoms with van der Waals surface area (Å²) in [6.45, 7) is 1.81. The number of para-hydroxylation sites is 1. The van der Waals surface area contributed by atoms with Crippen LogP contribution in [0.2, 0.25) is 5.15 Å². The van der Waals surface area contributed by atoms with Crippen molar-refractivity contribution in [3.8, 4) is 5.75 Å². The molecule has 92 valence electrons. The molecule has 0 radical (unpaired) electrons. The van der Waals surface area contributed by atoms with Gasteiger partial charge in [-0.15, -0.1) is 0 Å². The first kappa shape index (κ1) is 12.4. The van der Waals surface area contributed by atoms with Crippen LogP contribution in [0.3, 0.4) is 0 Å². The first-order chi connectivity index (χ1) is 8.65. The zero-order valence-electron chi connectivity index (χ0n) is 9.68. The molecule has 0 aliphatic rings. The van der Waals surface area contributed by atoms with Crippen molar-refractivity contribution >= 4 is 23.4 Å². The fourth-order valence-corrected chi connectivity index (χ4v) is 1.47. The molecule has 0 aliphatic heterocycles. The lowest BCUT2D eigenvalue weighted by Gasteiger charge is -2.07. The molecular formula is C13H11ClN2O2. The number of ether oxygens (including phenoxy) is 1. The maximum absolute atomic E-state index is 11.6. The third kappa shape index (κ3) is 3.21. The quantitative estimate of drug-likeness (QED) is 0.841. The van der Waals surface area contributed by atoms with Crippen molar-refractivity contribution in [2.24, 2.45) is 0 Å². The average molecular weight is 263 g/mol. The van der Waals surface area contributed by atoms with Crippen molar-refractivity contribution in [3.63, 3.8) is 0 Å². The number of carbonyl (C=O) groups is 1. The highest BCUT2D eigenvalue weighted by Crippen LogP contribution is 2.16. The SMILES string of the molecule is Cc1cc(NC(=O)Oc2ccccc2)cnc1Cl. The first-order valence-electron chi connectivity index (χ1n) is 5.31. The third-order valence-electron chi connectivity index (χ3n) is 2.21. The van der Waals surface area contributed by atoms with Crippen molar-refractivity contribution in [2.45, 2.75) is 6.92 Å². The van der Waals surface area contributed by atoms with Gasteiger partial charge in [0.15, 0.2) is 0 Å². The van der Waals surface area contributed by atoms with Crippen LogP contribution in [0.25, 0.3) is 0 Å². The Bertz CT molecular complexity index is 558. The molecule has 0 saturated heterocycles. The lowest BCUT2D eigenvalue weighted by molar-refractivity contribution is 0.215. The van der Waals surface area contributed by atoms with E-state index in [2.05, 4.69) is 10.3 Å². The molecule has 4 nitrogen and oxygen atoms in total. The molecule has 0 aliphatic carbocycles. The highest BCUT2D eigenvalue weighted by atomic mass is 35.5. The number of anilines is 1. The van der Waals surface area contributed by atoms with Gasteiger partial charge in [0.25, 0.3) is 0 Å². The number of halogens is 1. The fourth-order valence-electron chi connectivity index (χ4n) is 1.37. The van der Waals surface area contributed by atoms with Crippen LogP contribution in [-0.4, -0.2) is 11.1 Å². The molecule has 0 atom stereocenters. The van der Waals surface area contributed by atoms with Gasteiger partial charge < -0.3 is 4.74 Å². The summed E-state index contributed by atoms with van der Waals surface area (Å²) in [6, 6.07) is 10.5. The van der Waals surface area contributed by atoms with Crippen molar-refractivity contribution in [1.29, 1.82) is 0 Å². The number of pyridine rings is 1. The van der Waals surface area contributed by atoms with Crippen molar-refractivity contribution in [1.82, 2.24) is 4.98 Å². The number of rotatable bonds is 2. The molecule has 1 aromatic carbocycles. The Hall–Kier alpha value is -2.07. The van der Waals surface area contributed by atoms with E-state index in [9.17, 15) is 4.79 Å². The summed E-state index contributed by atoms with van der Waals surface area (Å²) in [7, 11) is 0. The Morgan fingerprint density at radius 3 is 2.72 bits per heavy atom. The van der Waals surface area contributed by atoms with Gasteiger partial charge in [0.1, 0.15) is 10.9 Å². The minimum Gasteiger partial charge on any atom is -0.410 e. The summed E-state index contributed by atoms with van der Waals surface area (Å²) in [5.41, 5.74) is 1.33. The van der Waals surface area contributed by atoms with Gasteiger partial charge in [-0.05, 0) is 30.7 Å². The molecule has 0 bridgehead atoms.